The first-order valence-corrected chi connectivity index (χ1v) is 5.42. The molecule has 8 heteroatoms. The number of nitrogens with zero attached hydrogens (tertiary/aromatic N) is 1. The van der Waals surface area contributed by atoms with Gasteiger partial charge in [-0.15, -0.1) is 0 Å². The Morgan fingerprint density at radius 2 is 1.45 bits per heavy atom. The van der Waals surface area contributed by atoms with Crippen LogP contribution in [0.5, 0.6) is 0 Å². The van der Waals surface area contributed by atoms with Crippen LogP contribution in [0.3, 0.4) is 0 Å². The van der Waals surface area contributed by atoms with Crippen LogP contribution in [0.15, 0.2) is 35.3 Å². The molecule has 0 amide bonds. The van der Waals surface area contributed by atoms with Crippen molar-refractivity contribution in [3.63, 3.8) is 0 Å². The van der Waals surface area contributed by atoms with Gasteiger partial charge in [-0.3, -0.25) is 4.99 Å². The Labute approximate surface area is 110 Å². The highest BCUT2D eigenvalue weighted by molar-refractivity contribution is 5.85. The third kappa shape index (κ3) is 3.50. The number of halogens is 6. The fourth-order valence-electron chi connectivity index (χ4n) is 1.49. The van der Waals surface area contributed by atoms with Crippen molar-refractivity contribution >= 4 is 11.4 Å². The molecule has 0 spiro atoms. The summed E-state index contributed by atoms with van der Waals surface area (Å²) in [6.45, 7) is 0.995. The molecule has 2 nitrogen and oxygen atoms in total. The zero-order chi connectivity index (χ0) is 15.6. The normalized spacial score (nSPS) is 14.5. The second kappa shape index (κ2) is 5.43. The van der Waals surface area contributed by atoms with Gasteiger partial charge in [0.15, 0.2) is 0 Å². The smallest absolute Gasteiger partial charge is 0.373 e. The Kier molecular flexibility index (Phi) is 4.48. The van der Waals surface area contributed by atoms with Crippen molar-refractivity contribution in [2.45, 2.75) is 31.3 Å². The molecule has 0 aliphatic carbocycles. The Hall–Kier alpha value is -1.57. The van der Waals surface area contributed by atoms with Crippen LogP contribution in [-0.4, -0.2) is 28.8 Å². The average molecular weight is 299 g/mol. The minimum Gasteiger partial charge on any atom is -0.373 e. The maximum atomic E-state index is 12.5. The summed E-state index contributed by atoms with van der Waals surface area (Å²) in [7, 11) is 0. The van der Waals surface area contributed by atoms with Crippen LogP contribution in [0.1, 0.15) is 13.3 Å². The van der Waals surface area contributed by atoms with Gasteiger partial charge in [0.05, 0.1) is 5.69 Å². The van der Waals surface area contributed by atoms with Gasteiger partial charge in [-0.1, -0.05) is 18.2 Å². The van der Waals surface area contributed by atoms with Crippen molar-refractivity contribution in [2.75, 3.05) is 0 Å². The summed E-state index contributed by atoms with van der Waals surface area (Å²) in [5, 5.41) is 9.00. The topological polar surface area (TPSA) is 32.6 Å². The van der Waals surface area contributed by atoms with Crippen LogP contribution in [-0.2, 0) is 0 Å². The van der Waals surface area contributed by atoms with E-state index in [2.05, 4.69) is 4.99 Å². The fraction of sp³-hybridized carbons (Fsp3) is 0.417. The van der Waals surface area contributed by atoms with E-state index < -0.39 is 30.1 Å². The van der Waals surface area contributed by atoms with E-state index in [4.69, 9.17) is 5.11 Å². The Bertz CT molecular complexity index is 463. The first kappa shape index (κ1) is 16.5. The molecular weight excluding hydrogens is 288 g/mol. The SMILES string of the molecule is C/C(CC(O)(C(F)(F)F)C(F)(F)F)=N\c1ccccc1. The monoisotopic (exact) mass is 299 g/mol. The summed E-state index contributed by atoms with van der Waals surface area (Å²) in [6, 6.07) is 7.53. The van der Waals surface area contributed by atoms with Crippen LogP contribution in [0.2, 0.25) is 0 Å². The highest BCUT2D eigenvalue weighted by Crippen LogP contribution is 2.45. The molecule has 0 aromatic heterocycles. The van der Waals surface area contributed by atoms with E-state index in [-0.39, 0.29) is 5.69 Å². The molecule has 0 atom stereocenters. The van der Waals surface area contributed by atoms with Gasteiger partial charge in [0.1, 0.15) is 0 Å². The molecule has 0 aliphatic rings. The predicted molar refractivity (Wildman–Crippen MR) is 60.9 cm³/mol. The lowest BCUT2D eigenvalue weighted by molar-refractivity contribution is -0.365. The average Bonchev–Trinajstić information content (AvgIpc) is 2.26. The lowest BCUT2D eigenvalue weighted by Gasteiger charge is -2.32. The summed E-state index contributed by atoms with van der Waals surface area (Å²) >= 11 is 0. The second-order valence-electron chi connectivity index (χ2n) is 4.22. The zero-order valence-electron chi connectivity index (χ0n) is 10.3. The third-order valence-corrected chi connectivity index (χ3v) is 2.53. The van der Waals surface area contributed by atoms with Crippen LogP contribution in [0.4, 0.5) is 32.0 Å². The highest BCUT2D eigenvalue weighted by atomic mass is 19.4. The number of hydrogen-bond donors (Lipinski definition) is 1. The molecule has 1 aromatic carbocycles. The van der Waals surface area contributed by atoms with Crippen molar-refractivity contribution in [1.29, 1.82) is 0 Å². The standard InChI is InChI=1S/C12H11F6NO/c1-8(19-9-5-3-2-4-6-9)7-10(20,11(13,14)15)12(16,17)18/h2-6,20H,7H2,1H3/b19-8+. The fourth-order valence-corrected chi connectivity index (χ4v) is 1.49. The van der Waals surface area contributed by atoms with E-state index in [0.717, 1.165) is 6.92 Å². The van der Waals surface area contributed by atoms with Crippen molar-refractivity contribution in [2.24, 2.45) is 4.99 Å². The molecule has 112 valence electrons. The summed E-state index contributed by atoms with van der Waals surface area (Å²) in [4.78, 5) is 3.63. The zero-order valence-corrected chi connectivity index (χ0v) is 10.3. The van der Waals surface area contributed by atoms with Gasteiger partial charge in [0.25, 0.3) is 5.60 Å². The van der Waals surface area contributed by atoms with Gasteiger partial charge in [0, 0.05) is 12.1 Å². The molecule has 0 bridgehead atoms. The number of para-hydroxylation sites is 1. The number of benzene rings is 1. The Morgan fingerprint density at radius 3 is 1.85 bits per heavy atom. The van der Waals surface area contributed by atoms with Gasteiger partial charge in [-0.05, 0) is 19.1 Å². The number of aliphatic imine (C=N–C) groups is 1. The van der Waals surface area contributed by atoms with Gasteiger partial charge in [0.2, 0.25) is 0 Å². The van der Waals surface area contributed by atoms with E-state index in [0.29, 0.717) is 0 Å². The van der Waals surface area contributed by atoms with Crippen molar-refractivity contribution in [3.05, 3.63) is 30.3 Å². The van der Waals surface area contributed by atoms with Crippen LogP contribution in [0, 0.1) is 0 Å². The summed E-state index contributed by atoms with van der Waals surface area (Å²) < 4.78 is 74.8. The second-order valence-corrected chi connectivity index (χ2v) is 4.22. The highest BCUT2D eigenvalue weighted by Gasteiger charge is 2.70. The molecular formula is C12H11F6NO. The third-order valence-electron chi connectivity index (χ3n) is 2.53. The molecule has 1 rings (SSSR count). The number of aliphatic hydroxyl groups is 1. The molecule has 0 saturated carbocycles. The maximum absolute atomic E-state index is 12.5. The maximum Gasteiger partial charge on any atom is 0.426 e. The minimum atomic E-state index is -5.83. The van der Waals surface area contributed by atoms with E-state index in [1.807, 2.05) is 0 Å². The quantitative estimate of drug-likeness (QED) is 0.663. The molecule has 0 saturated heterocycles. The molecule has 1 N–H and O–H groups in total. The van der Waals surface area contributed by atoms with E-state index >= 15 is 0 Å². The van der Waals surface area contributed by atoms with Gasteiger partial charge >= 0.3 is 12.4 Å². The van der Waals surface area contributed by atoms with Gasteiger partial charge in [-0.2, -0.15) is 26.3 Å². The molecule has 0 radical (unpaired) electrons. The van der Waals surface area contributed by atoms with E-state index in [1.165, 1.54) is 24.3 Å². The van der Waals surface area contributed by atoms with Gasteiger partial charge < -0.3 is 5.11 Å². The summed E-state index contributed by atoms with van der Waals surface area (Å²) in [6.07, 6.45) is -13.3. The van der Waals surface area contributed by atoms with Gasteiger partial charge in [-0.25, -0.2) is 0 Å². The number of alkyl halides is 6. The lowest BCUT2D eigenvalue weighted by atomic mass is 9.95. The predicted octanol–water partition coefficient (Wildman–Crippen LogP) is 4.02. The number of rotatable bonds is 3. The lowest BCUT2D eigenvalue weighted by Crippen LogP contribution is -2.57. The summed E-state index contributed by atoms with van der Waals surface area (Å²) in [5.74, 6) is 0. The van der Waals surface area contributed by atoms with Crippen LogP contribution in [0.25, 0.3) is 0 Å². The van der Waals surface area contributed by atoms with Crippen molar-refractivity contribution < 1.29 is 31.4 Å². The largest absolute Gasteiger partial charge is 0.426 e. The molecule has 1 aromatic rings. The van der Waals surface area contributed by atoms with E-state index in [1.54, 1.807) is 6.07 Å². The summed E-state index contributed by atoms with van der Waals surface area (Å²) in [5.41, 5.74) is -5.08. The van der Waals surface area contributed by atoms with Crippen molar-refractivity contribution in [1.82, 2.24) is 0 Å². The molecule has 20 heavy (non-hydrogen) atoms. The Balaban J connectivity index is 3.07. The number of hydrogen-bond acceptors (Lipinski definition) is 2. The molecule has 0 unspecified atom stereocenters. The van der Waals surface area contributed by atoms with E-state index in [9.17, 15) is 26.3 Å². The van der Waals surface area contributed by atoms with Crippen molar-refractivity contribution in [3.8, 4) is 0 Å². The van der Waals surface area contributed by atoms with Crippen LogP contribution >= 0.6 is 0 Å². The molecule has 0 fully saturated rings. The first-order chi connectivity index (χ1) is 8.97. The Morgan fingerprint density at radius 1 is 1.00 bits per heavy atom. The minimum absolute atomic E-state index is 0.205. The molecule has 0 aliphatic heterocycles. The first-order valence-electron chi connectivity index (χ1n) is 5.42. The van der Waals surface area contributed by atoms with Crippen LogP contribution < -0.4 is 0 Å². The molecule has 0 heterocycles.